The van der Waals surface area contributed by atoms with Crippen molar-refractivity contribution in [1.29, 1.82) is 0 Å². The first-order valence-electron chi connectivity index (χ1n) is 10.6. The van der Waals surface area contributed by atoms with Crippen LogP contribution in [0.2, 0.25) is 0 Å². The molecule has 1 heterocycles. The fourth-order valence-electron chi connectivity index (χ4n) is 4.05. The van der Waals surface area contributed by atoms with Gasteiger partial charge in [-0.15, -0.1) is 0 Å². The number of hydrogen-bond donors (Lipinski definition) is 1. The zero-order valence-corrected chi connectivity index (χ0v) is 18.0. The van der Waals surface area contributed by atoms with Crippen LogP contribution in [0.25, 0.3) is 27.7 Å². The third kappa shape index (κ3) is 3.91. The normalized spacial score (nSPS) is 10.9. The second-order valence-corrected chi connectivity index (χ2v) is 8.05. The molecule has 0 saturated carbocycles. The zero-order valence-electron chi connectivity index (χ0n) is 18.0. The summed E-state index contributed by atoms with van der Waals surface area (Å²) in [5.41, 5.74) is 6.13. The van der Waals surface area contributed by atoms with Gasteiger partial charge in [0.2, 0.25) is 0 Å². The van der Waals surface area contributed by atoms with E-state index in [0.29, 0.717) is 5.69 Å². The highest BCUT2D eigenvalue weighted by atomic mass is 16.1. The number of hydrogen-bond acceptors (Lipinski definition) is 2. The van der Waals surface area contributed by atoms with Gasteiger partial charge in [0.15, 0.2) is 5.69 Å². The van der Waals surface area contributed by atoms with Gasteiger partial charge in [-0.05, 0) is 72.1 Å². The summed E-state index contributed by atoms with van der Waals surface area (Å²) < 4.78 is 1.83. The molecule has 1 N–H and O–H groups in total. The van der Waals surface area contributed by atoms with Crippen molar-refractivity contribution >= 4 is 22.4 Å². The molecule has 5 rings (SSSR count). The van der Waals surface area contributed by atoms with E-state index in [-0.39, 0.29) is 5.91 Å². The van der Waals surface area contributed by atoms with Gasteiger partial charge in [0, 0.05) is 11.3 Å². The molecular formula is C28H23N3O. The monoisotopic (exact) mass is 417 g/mol. The number of amides is 1. The molecule has 0 aliphatic carbocycles. The highest BCUT2D eigenvalue weighted by molar-refractivity contribution is 6.03. The first kappa shape index (κ1) is 19.8. The van der Waals surface area contributed by atoms with E-state index in [4.69, 9.17) is 0 Å². The minimum Gasteiger partial charge on any atom is -0.321 e. The molecule has 0 unspecified atom stereocenters. The van der Waals surface area contributed by atoms with Gasteiger partial charge in [-0.2, -0.15) is 5.10 Å². The molecule has 0 atom stereocenters. The SMILES string of the molecule is Cc1cc(C)cc(NC(=O)c2cc(-c3ccc4ccccc4c3)n(-c3ccccc3)n2)c1. The van der Waals surface area contributed by atoms with Crippen molar-refractivity contribution in [2.45, 2.75) is 13.8 Å². The Morgan fingerprint density at radius 3 is 2.19 bits per heavy atom. The topological polar surface area (TPSA) is 46.9 Å². The third-order valence-electron chi connectivity index (χ3n) is 5.47. The van der Waals surface area contributed by atoms with Gasteiger partial charge < -0.3 is 5.32 Å². The number of carbonyl (C=O) groups is 1. The van der Waals surface area contributed by atoms with Gasteiger partial charge >= 0.3 is 0 Å². The van der Waals surface area contributed by atoms with Gasteiger partial charge in [-0.1, -0.05) is 60.7 Å². The number of anilines is 1. The number of benzene rings is 4. The van der Waals surface area contributed by atoms with Gasteiger partial charge in [0.25, 0.3) is 5.91 Å². The molecule has 0 saturated heterocycles. The third-order valence-corrected chi connectivity index (χ3v) is 5.47. The quantitative estimate of drug-likeness (QED) is 0.360. The minimum absolute atomic E-state index is 0.230. The van der Waals surface area contributed by atoms with Crippen LogP contribution in [-0.2, 0) is 0 Å². The van der Waals surface area contributed by atoms with Crippen molar-refractivity contribution in [3.8, 4) is 16.9 Å². The van der Waals surface area contributed by atoms with Crippen molar-refractivity contribution < 1.29 is 4.79 Å². The summed E-state index contributed by atoms with van der Waals surface area (Å²) >= 11 is 0. The molecule has 32 heavy (non-hydrogen) atoms. The summed E-state index contributed by atoms with van der Waals surface area (Å²) in [6.45, 7) is 4.04. The van der Waals surface area contributed by atoms with Crippen LogP contribution in [-0.4, -0.2) is 15.7 Å². The summed E-state index contributed by atoms with van der Waals surface area (Å²) in [6.07, 6.45) is 0. The van der Waals surface area contributed by atoms with Gasteiger partial charge in [-0.3, -0.25) is 4.79 Å². The van der Waals surface area contributed by atoms with Crippen molar-refractivity contribution in [3.63, 3.8) is 0 Å². The van der Waals surface area contributed by atoms with E-state index in [1.165, 1.54) is 5.39 Å². The van der Waals surface area contributed by atoms with Crippen LogP contribution < -0.4 is 5.32 Å². The highest BCUT2D eigenvalue weighted by Crippen LogP contribution is 2.28. The standard InChI is InChI=1S/C28H23N3O/c1-19-14-20(2)16-24(15-19)29-28(32)26-18-27(31(30-26)25-10-4-3-5-11-25)23-13-12-21-8-6-7-9-22(21)17-23/h3-18H,1-2H3,(H,29,32). The van der Waals surface area contributed by atoms with Gasteiger partial charge in [0.1, 0.15) is 0 Å². The molecule has 5 aromatic rings. The number of rotatable bonds is 4. The van der Waals surface area contributed by atoms with E-state index in [1.54, 1.807) is 0 Å². The lowest BCUT2D eigenvalue weighted by molar-refractivity contribution is 0.102. The summed E-state index contributed by atoms with van der Waals surface area (Å²) in [4.78, 5) is 13.1. The van der Waals surface area contributed by atoms with Gasteiger partial charge in [0.05, 0.1) is 11.4 Å². The van der Waals surface area contributed by atoms with Gasteiger partial charge in [-0.25, -0.2) is 4.68 Å². The molecular weight excluding hydrogens is 394 g/mol. The first-order chi connectivity index (χ1) is 15.6. The minimum atomic E-state index is -0.230. The van der Waals surface area contributed by atoms with E-state index in [2.05, 4.69) is 46.8 Å². The predicted molar refractivity (Wildman–Crippen MR) is 130 cm³/mol. The molecule has 1 amide bonds. The zero-order chi connectivity index (χ0) is 22.1. The van der Waals surface area contributed by atoms with Crippen LogP contribution in [0.3, 0.4) is 0 Å². The molecule has 0 spiro atoms. The molecule has 0 bridgehead atoms. The van der Waals surface area contributed by atoms with Crippen molar-refractivity contribution in [2.24, 2.45) is 0 Å². The Balaban J connectivity index is 1.58. The molecule has 156 valence electrons. The average molecular weight is 418 g/mol. The lowest BCUT2D eigenvalue weighted by Crippen LogP contribution is -2.13. The molecule has 0 radical (unpaired) electrons. The Morgan fingerprint density at radius 1 is 0.750 bits per heavy atom. The largest absolute Gasteiger partial charge is 0.321 e. The lowest BCUT2D eigenvalue weighted by Gasteiger charge is -2.08. The Morgan fingerprint density at radius 2 is 1.44 bits per heavy atom. The lowest BCUT2D eigenvalue weighted by atomic mass is 10.0. The maximum Gasteiger partial charge on any atom is 0.276 e. The van der Waals surface area contributed by atoms with E-state index in [9.17, 15) is 4.79 Å². The average Bonchev–Trinajstić information content (AvgIpc) is 3.24. The number of fused-ring (bicyclic) bond motifs is 1. The van der Waals surface area contributed by atoms with Crippen LogP contribution in [0.1, 0.15) is 21.6 Å². The van der Waals surface area contributed by atoms with E-state index >= 15 is 0 Å². The summed E-state index contributed by atoms with van der Waals surface area (Å²) in [6, 6.07) is 32.3. The van der Waals surface area contributed by atoms with Crippen LogP contribution in [0.15, 0.2) is 97.1 Å². The second-order valence-electron chi connectivity index (χ2n) is 8.05. The van der Waals surface area contributed by atoms with Crippen molar-refractivity contribution in [1.82, 2.24) is 9.78 Å². The molecule has 0 aliphatic heterocycles. The first-order valence-corrected chi connectivity index (χ1v) is 10.6. The Kier molecular flexibility index (Phi) is 5.04. The van der Waals surface area contributed by atoms with Crippen LogP contribution in [0, 0.1) is 13.8 Å². The molecule has 0 aliphatic rings. The van der Waals surface area contributed by atoms with Crippen LogP contribution in [0.4, 0.5) is 5.69 Å². The Bertz CT molecular complexity index is 1410. The Hall–Kier alpha value is -4.18. The van der Waals surface area contributed by atoms with E-state index < -0.39 is 0 Å². The fraction of sp³-hybridized carbons (Fsp3) is 0.0714. The maximum atomic E-state index is 13.1. The van der Waals surface area contributed by atoms with E-state index in [1.807, 2.05) is 79.2 Å². The Labute approximate surface area is 187 Å². The fourth-order valence-corrected chi connectivity index (χ4v) is 4.05. The number of carbonyl (C=O) groups excluding carboxylic acids is 1. The number of nitrogens with zero attached hydrogens (tertiary/aromatic N) is 2. The van der Waals surface area contributed by atoms with Crippen LogP contribution in [0.5, 0.6) is 0 Å². The predicted octanol–water partition coefficient (Wildman–Crippen LogP) is 6.56. The number of para-hydroxylation sites is 1. The molecule has 4 aromatic carbocycles. The smallest absolute Gasteiger partial charge is 0.276 e. The highest BCUT2D eigenvalue weighted by Gasteiger charge is 2.17. The summed E-state index contributed by atoms with van der Waals surface area (Å²) in [5.74, 6) is -0.230. The number of aryl methyl sites for hydroxylation is 2. The number of nitrogens with one attached hydrogen (secondary N) is 1. The molecule has 0 fully saturated rings. The van der Waals surface area contributed by atoms with Crippen LogP contribution >= 0.6 is 0 Å². The molecule has 1 aromatic heterocycles. The summed E-state index contributed by atoms with van der Waals surface area (Å²) in [7, 11) is 0. The molecule has 4 heteroatoms. The molecule has 4 nitrogen and oxygen atoms in total. The maximum absolute atomic E-state index is 13.1. The second kappa shape index (κ2) is 8.16. The van der Waals surface area contributed by atoms with Crippen molar-refractivity contribution in [2.75, 3.05) is 5.32 Å². The summed E-state index contributed by atoms with van der Waals surface area (Å²) in [5, 5.41) is 10.0. The van der Waals surface area contributed by atoms with E-state index in [0.717, 1.165) is 39.1 Å². The van der Waals surface area contributed by atoms with Crippen molar-refractivity contribution in [3.05, 3.63) is 114 Å². The number of aromatic nitrogens is 2.